The van der Waals surface area contributed by atoms with Crippen LogP contribution in [0.1, 0.15) is 49.0 Å². The third kappa shape index (κ3) is 2.11. The van der Waals surface area contributed by atoms with Crippen LogP contribution in [0.25, 0.3) is 0 Å². The van der Waals surface area contributed by atoms with E-state index in [0.29, 0.717) is 17.8 Å². The molecule has 1 saturated carbocycles. The van der Waals surface area contributed by atoms with E-state index in [0.717, 1.165) is 25.7 Å². The van der Waals surface area contributed by atoms with E-state index in [1.807, 2.05) is 4.90 Å². The van der Waals surface area contributed by atoms with E-state index in [4.69, 9.17) is 0 Å². The number of rotatable bonds is 1. The zero-order valence-corrected chi connectivity index (χ0v) is 12.2. The fourth-order valence-corrected chi connectivity index (χ4v) is 3.80. The molecule has 0 radical (unpaired) electrons. The number of aryl methyl sites for hydroxylation is 1. The van der Waals surface area contributed by atoms with Gasteiger partial charge in [0.1, 0.15) is 5.69 Å². The van der Waals surface area contributed by atoms with E-state index in [1.54, 1.807) is 24.3 Å². The van der Waals surface area contributed by atoms with Crippen molar-refractivity contribution < 1.29 is 4.79 Å². The number of carbonyl (C=O) groups is 1. The standard InChI is InChI=1S/C16H19N3O2/c1-18-15(20)7-6-14(17-18)16(21)19-12-4-5-13(19)9-11(8-12)10-2-3-10/h6-7,12-13H,2-5,8-9H2,1H3. The lowest BCUT2D eigenvalue weighted by Crippen LogP contribution is -2.45. The zero-order valence-electron chi connectivity index (χ0n) is 12.2. The van der Waals surface area contributed by atoms with E-state index in [-0.39, 0.29) is 11.5 Å². The van der Waals surface area contributed by atoms with Gasteiger partial charge in [-0.1, -0.05) is 11.1 Å². The Labute approximate surface area is 123 Å². The quantitative estimate of drug-likeness (QED) is 0.737. The number of nitrogens with zero attached hydrogens (tertiary/aromatic N) is 3. The molecular weight excluding hydrogens is 266 g/mol. The monoisotopic (exact) mass is 285 g/mol. The smallest absolute Gasteiger partial charge is 0.274 e. The van der Waals surface area contributed by atoms with Gasteiger partial charge in [-0.3, -0.25) is 9.59 Å². The minimum Gasteiger partial charge on any atom is -0.331 e. The van der Waals surface area contributed by atoms with Crippen LogP contribution >= 0.6 is 0 Å². The molecule has 2 bridgehead atoms. The van der Waals surface area contributed by atoms with Crippen LogP contribution in [0, 0.1) is 0 Å². The predicted molar refractivity (Wildman–Crippen MR) is 78.0 cm³/mol. The second-order valence-electron chi connectivity index (χ2n) is 6.39. The topological polar surface area (TPSA) is 55.2 Å². The van der Waals surface area contributed by atoms with Gasteiger partial charge < -0.3 is 4.90 Å². The Kier molecular flexibility index (Phi) is 2.77. The molecular formula is C16H19N3O2. The maximum atomic E-state index is 12.7. The fourth-order valence-electron chi connectivity index (χ4n) is 3.80. The van der Waals surface area contributed by atoms with Crippen molar-refractivity contribution in [3.05, 3.63) is 39.3 Å². The Morgan fingerprint density at radius 3 is 2.38 bits per heavy atom. The molecule has 0 N–H and O–H groups in total. The van der Waals surface area contributed by atoms with E-state index >= 15 is 0 Å². The summed E-state index contributed by atoms with van der Waals surface area (Å²) in [5, 5.41) is 4.11. The van der Waals surface area contributed by atoms with Crippen LogP contribution in [0.5, 0.6) is 0 Å². The highest BCUT2D eigenvalue weighted by Gasteiger charge is 2.43. The maximum absolute atomic E-state index is 12.7. The number of hydrogen-bond acceptors (Lipinski definition) is 3. The number of amides is 1. The number of fused-ring (bicyclic) bond motifs is 2. The number of aromatic nitrogens is 2. The summed E-state index contributed by atoms with van der Waals surface area (Å²) in [4.78, 5) is 26.2. The van der Waals surface area contributed by atoms with Crippen LogP contribution in [0.15, 0.2) is 28.1 Å². The predicted octanol–water partition coefficient (Wildman–Crippen LogP) is 1.64. The van der Waals surface area contributed by atoms with Crippen molar-refractivity contribution in [2.45, 2.75) is 50.6 Å². The summed E-state index contributed by atoms with van der Waals surface area (Å²) in [5.41, 5.74) is 3.45. The van der Waals surface area contributed by atoms with Crippen LogP contribution < -0.4 is 5.56 Å². The Hall–Kier alpha value is -1.91. The first-order valence-corrected chi connectivity index (χ1v) is 7.70. The minimum atomic E-state index is -0.186. The van der Waals surface area contributed by atoms with Gasteiger partial charge in [-0.15, -0.1) is 0 Å². The number of carbonyl (C=O) groups excluding carboxylic acids is 1. The highest BCUT2D eigenvalue weighted by atomic mass is 16.2. The maximum Gasteiger partial charge on any atom is 0.274 e. The van der Waals surface area contributed by atoms with Gasteiger partial charge in [-0.05, 0) is 44.6 Å². The summed E-state index contributed by atoms with van der Waals surface area (Å²) in [6, 6.07) is 3.64. The average molecular weight is 285 g/mol. The SMILES string of the molecule is Cn1nc(C(=O)N2C3CCC2CC(=C2CC2)C3)ccc1=O. The molecule has 110 valence electrons. The summed E-state index contributed by atoms with van der Waals surface area (Å²) in [5.74, 6) is -0.0158. The van der Waals surface area contributed by atoms with Crippen molar-refractivity contribution in [2.24, 2.45) is 7.05 Å². The second kappa shape index (κ2) is 4.55. The van der Waals surface area contributed by atoms with Crippen molar-refractivity contribution in [3.63, 3.8) is 0 Å². The summed E-state index contributed by atoms with van der Waals surface area (Å²) < 4.78 is 1.23. The molecule has 5 nitrogen and oxygen atoms in total. The van der Waals surface area contributed by atoms with Crippen molar-refractivity contribution in [1.29, 1.82) is 0 Å². The Balaban J connectivity index is 1.62. The molecule has 3 aliphatic rings. The van der Waals surface area contributed by atoms with Crippen molar-refractivity contribution in [2.75, 3.05) is 0 Å². The zero-order chi connectivity index (χ0) is 14.6. The van der Waals surface area contributed by atoms with Crippen molar-refractivity contribution in [3.8, 4) is 0 Å². The van der Waals surface area contributed by atoms with Gasteiger partial charge >= 0.3 is 0 Å². The largest absolute Gasteiger partial charge is 0.331 e. The second-order valence-corrected chi connectivity index (χ2v) is 6.39. The van der Waals surface area contributed by atoms with Crippen LogP contribution in [-0.2, 0) is 7.05 Å². The first-order chi connectivity index (χ1) is 10.1. The van der Waals surface area contributed by atoms with Gasteiger partial charge in [0, 0.05) is 25.2 Å². The molecule has 4 rings (SSSR count). The molecule has 3 fully saturated rings. The molecule has 1 aromatic rings. The molecule has 21 heavy (non-hydrogen) atoms. The number of piperidine rings is 1. The normalized spacial score (nSPS) is 27.2. The van der Waals surface area contributed by atoms with Gasteiger partial charge in [-0.25, -0.2) is 4.68 Å². The van der Waals surface area contributed by atoms with E-state index in [2.05, 4.69) is 5.10 Å². The minimum absolute atomic E-state index is 0.0158. The Morgan fingerprint density at radius 2 is 1.81 bits per heavy atom. The summed E-state index contributed by atoms with van der Waals surface area (Å²) >= 11 is 0. The lowest BCUT2D eigenvalue weighted by molar-refractivity contribution is 0.0625. The molecule has 0 spiro atoms. The van der Waals surface area contributed by atoms with Crippen LogP contribution in [0.4, 0.5) is 0 Å². The molecule has 5 heteroatoms. The Bertz CT molecular complexity index is 682. The van der Waals surface area contributed by atoms with Crippen molar-refractivity contribution >= 4 is 5.91 Å². The third-order valence-corrected chi connectivity index (χ3v) is 5.00. The van der Waals surface area contributed by atoms with Gasteiger partial charge in [0.15, 0.2) is 0 Å². The molecule has 2 atom stereocenters. The fraction of sp³-hybridized carbons (Fsp3) is 0.562. The van der Waals surface area contributed by atoms with Crippen molar-refractivity contribution in [1.82, 2.24) is 14.7 Å². The van der Waals surface area contributed by atoms with Crippen LogP contribution in [0.2, 0.25) is 0 Å². The number of allylic oxidation sites excluding steroid dienone is 1. The van der Waals surface area contributed by atoms with Gasteiger partial charge in [0.2, 0.25) is 0 Å². The van der Waals surface area contributed by atoms with Gasteiger partial charge in [0.05, 0.1) is 0 Å². The summed E-state index contributed by atoms with van der Waals surface area (Å²) in [6.07, 6.45) is 6.82. The van der Waals surface area contributed by atoms with Gasteiger partial charge in [-0.2, -0.15) is 5.10 Å². The van der Waals surface area contributed by atoms with E-state index in [9.17, 15) is 9.59 Å². The van der Waals surface area contributed by atoms with Gasteiger partial charge in [0.25, 0.3) is 11.5 Å². The molecule has 2 aliphatic heterocycles. The molecule has 1 aliphatic carbocycles. The molecule has 2 unspecified atom stereocenters. The molecule has 3 heterocycles. The summed E-state index contributed by atoms with van der Waals surface area (Å²) in [6.45, 7) is 0. The van der Waals surface area contributed by atoms with Crippen LogP contribution in [0.3, 0.4) is 0 Å². The number of hydrogen-bond donors (Lipinski definition) is 0. The molecule has 1 aromatic heterocycles. The van der Waals surface area contributed by atoms with E-state index in [1.165, 1.54) is 23.6 Å². The van der Waals surface area contributed by atoms with E-state index < -0.39 is 0 Å². The lowest BCUT2D eigenvalue weighted by Gasteiger charge is -2.36. The summed E-state index contributed by atoms with van der Waals surface area (Å²) in [7, 11) is 1.58. The molecule has 0 aromatic carbocycles. The molecule has 1 amide bonds. The average Bonchev–Trinajstić information content (AvgIpc) is 3.27. The third-order valence-electron chi connectivity index (χ3n) is 5.00. The highest BCUT2D eigenvalue weighted by molar-refractivity contribution is 5.93. The highest BCUT2D eigenvalue weighted by Crippen LogP contribution is 2.44. The first-order valence-electron chi connectivity index (χ1n) is 7.70. The molecule has 2 saturated heterocycles. The first kappa shape index (κ1) is 12.8. The lowest BCUT2D eigenvalue weighted by atomic mass is 9.95. The Morgan fingerprint density at radius 1 is 1.14 bits per heavy atom. The van der Waals surface area contributed by atoms with Crippen LogP contribution in [-0.4, -0.2) is 32.7 Å².